The molecule has 0 unspecified atom stereocenters. The van der Waals surface area contributed by atoms with Crippen molar-refractivity contribution < 1.29 is 0 Å². The second-order valence-corrected chi connectivity index (χ2v) is 5.07. The predicted octanol–water partition coefficient (Wildman–Crippen LogP) is 2.61. The van der Waals surface area contributed by atoms with Crippen molar-refractivity contribution in [1.82, 2.24) is 15.1 Å². The fraction of sp³-hybridized carbons (Fsp3) is 0.769. The van der Waals surface area contributed by atoms with Crippen LogP contribution in [0.25, 0.3) is 0 Å². The molecule has 0 radical (unpaired) electrons. The van der Waals surface area contributed by atoms with E-state index < -0.39 is 0 Å². The maximum atomic E-state index is 4.29. The van der Waals surface area contributed by atoms with Gasteiger partial charge in [0.25, 0.3) is 0 Å². The van der Waals surface area contributed by atoms with Gasteiger partial charge in [0.05, 0.1) is 6.04 Å². The Hall–Kier alpha value is -0.830. The monoisotopic (exact) mass is 221 g/mol. The average molecular weight is 221 g/mol. The van der Waals surface area contributed by atoms with E-state index in [1.807, 2.05) is 23.1 Å². The summed E-state index contributed by atoms with van der Waals surface area (Å²) in [4.78, 5) is 0. The van der Waals surface area contributed by atoms with Gasteiger partial charge < -0.3 is 5.32 Å². The molecule has 1 heterocycles. The molecular formula is C13H23N3. The summed E-state index contributed by atoms with van der Waals surface area (Å²) < 4.78 is 2.03. The summed E-state index contributed by atoms with van der Waals surface area (Å²) in [7, 11) is 0. The Morgan fingerprint density at radius 2 is 2.12 bits per heavy atom. The molecule has 2 atom stereocenters. The summed E-state index contributed by atoms with van der Waals surface area (Å²) in [5, 5.41) is 7.95. The van der Waals surface area contributed by atoms with Gasteiger partial charge in [0.1, 0.15) is 0 Å². The molecule has 0 aromatic carbocycles. The topological polar surface area (TPSA) is 29.9 Å². The molecule has 3 heteroatoms. The molecule has 0 saturated heterocycles. The van der Waals surface area contributed by atoms with Crippen LogP contribution in [0, 0.1) is 5.92 Å². The zero-order valence-electron chi connectivity index (χ0n) is 10.4. The normalized spacial score (nSPS) is 21.1. The molecule has 1 aliphatic rings. The van der Waals surface area contributed by atoms with Gasteiger partial charge in [0, 0.05) is 18.4 Å². The molecule has 1 aromatic heterocycles. The highest BCUT2D eigenvalue weighted by Crippen LogP contribution is 2.24. The van der Waals surface area contributed by atoms with Gasteiger partial charge in [-0.25, -0.2) is 0 Å². The molecular weight excluding hydrogens is 198 g/mol. The number of nitrogens with zero attached hydrogens (tertiary/aromatic N) is 2. The summed E-state index contributed by atoms with van der Waals surface area (Å²) in [6, 6.07) is 2.90. The minimum absolute atomic E-state index is 0.427. The highest BCUT2D eigenvalue weighted by atomic mass is 15.3. The van der Waals surface area contributed by atoms with E-state index in [1.54, 1.807) is 0 Å². The zero-order valence-corrected chi connectivity index (χ0v) is 10.4. The Morgan fingerprint density at radius 1 is 1.38 bits per heavy atom. The summed E-state index contributed by atoms with van der Waals surface area (Å²) in [5.74, 6) is 0.910. The molecule has 90 valence electrons. The molecule has 1 saturated carbocycles. The van der Waals surface area contributed by atoms with Crippen LogP contribution in [0.15, 0.2) is 18.5 Å². The summed E-state index contributed by atoms with van der Waals surface area (Å²) in [6.07, 6.45) is 9.56. The number of hydrogen-bond acceptors (Lipinski definition) is 2. The van der Waals surface area contributed by atoms with Crippen molar-refractivity contribution >= 4 is 0 Å². The van der Waals surface area contributed by atoms with Crippen LogP contribution in [-0.4, -0.2) is 22.4 Å². The Labute approximate surface area is 98.2 Å². The average Bonchev–Trinajstić information content (AvgIpc) is 2.96. The van der Waals surface area contributed by atoms with Crippen LogP contribution in [0.3, 0.4) is 0 Å². The van der Waals surface area contributed by atoms with Crippen LogP contribution in [0.4, 0.5) is 0 Å². The first kappa shape index (κ1) is 11.6. The third-order valence-electron chi connectivity index (χ3n) is 3.87. The molecule has 0 amide bonds. The first-order chi connectivity index (χ1) is 7.77. The summed E-state index contributed by atoms with van der Waals surface area (Å²) in [6.45, 7) is 5.65. The lowest BCUT2D eigenvalue weighted by molar-refractivity contribution is 0.343. The van der Waals surface area contributed by atoms with Crippen molar-refractivity contribution in [2.75, 3.05) is 6.54 Å². The standard InChI is InChI=1S/C13H23N3/c1-11(12(2)16-9-5-8-15-16)14-10-13-6-3-4-7-13/h5,8-9,11-14H,3-4,6-7,10H2,1-2H3/t11-,12+/m1/s1. The molecule has 0 spiro atoms. The van der Waals surface area contributed by atoms with E-state index in [4.69, 9.17) is 0 Å². The fourth-order valence-electron chi connectivity index (χ4n) is 2.49. The van der Waals surface area contributed by atoms with Crippen LogP contribution in [0.5, 0.6) is 0 Å². The number of rotatable bonds is 5. The van der Waals surface area contributed by atoms with Gasteiger partial charge in [-0.1, -0.05) is 12.8 Å². The molecule has 1 N–H and O–H groups in total. The van der Waals surface area contributed by atoms with Crippen molar-refractivity contribution in [3.8, 4) is 0 Å². The lowest BCUT2D eigenvalue weighted by Crippen LogP contribution is -2.36. The molecule has 1 aliphatic carbocycles. The van der Waals surface area contributed by atoms with Crippen LogP contribution in [0.1, 0.15) is 45.6 Å². The Bertz CT molecular complexity index is 288. The smallest absolute Gasteiger partial charge is 0.0641 e. The van der Waals surface area contributed by atoms with E-state index in [0.29, 0.717) is 12.1 Å². The summed E-state index contributed by atoms with van der Waals surface area (Å²) >= 11 is 0. The molecule has 1 fully saturated rings. The van der Waals surface area contributed by atoms with Crippen LogP contribution < -0.4 is 5.32 Å². The van der Waals surface area contributed by atoms with Crippen molar-refractivity contribution in [3.05, 3.63) is 18.5 Å². The SMILES string of the molecule is C[C@@H](NCC1CCCC1)[C@H](C)n1cccn1. The first-order valence-corrected chi connectivity index (χ1v) is 6.50. The van der Waals surface area contributed by atoms with E-state index >= 15 is 0 Å². The lowest BCUT2D eigenvalue weighted by atomic mass is 10.1. The van der Waals surface area contributed by atoms with E-state index in [1.165, 1.54) is 32.2 Å². The fourth-order valence-corrected chi connectivity index (χ4v) is 2.49. The molecule has 0 aliphatic heterocycles. The quantitative estimate of drug-likeness (QED) is 0.828. The minimum atomic E-state index is 0.427. The number of nitrogens with one attached hydrogen (secondary N) is 1. The third-order valence-corrected chi connectivity index (χ3v) is 3.87. The largest absolute Gasteiger partial charge is 0.312 e. The lowest BCUT2D eigenvalue weighted by Gasteiger charge is -2.23. The van der Waals surface area contributed by atoms with Gasteiger partial charge in [-0.05, 0) is 45.2 Å². The van der Waals surface area contributed by atoms with Gasteiger partial charge in [-0.3, -0.25) is 4.68 Å². The molecule has 0 bridgehead atoms. The van der Waals surface area contributed by atoms with Crippen LogP contribution in [-0.2, 0) is 0 Å². The molecule has 16 heavy (non-hydrogen) atoms. The number of aromatic nitrogens is 2. The highest BCUT2D eigenvalue weighted by Gasteiger charge is 2.18. The predicted molar refractivity (Wildman–Crippen MR) is 66.4 cm³/mol. The highest BCUT2D eigenvalue weighted by molar-refractivity contribution is 4.84. The van der Waals surface area contributed by atoms with E-state index in [2.05, 4.69) is 24.3 Å². The first-order valence-electron chi connectivity index (χ1n) is 6.50. The Morgan fingerprint density at radius 3 is 2.75 bits per heavy atom. The minimum Gasteiger partial charge on any atom is -0.312 e. The summed E-state index contributed by atoms with van der Waals surface area (Å²) in [5.41, 5.74) is 0. The maximum Gasteiger partial charge on any atom is 0.0641 e. The van der Waals surface area contributed by atoms with Gasteiger partial charge in [0.15, 0.2) is 0 Å². The van der Waals surface area contributed by atoms with E-state index in [-0.39, 0.29) is 0 Å². The van der Waals surface area contributed by atoms with Gasteiger partial charge >= 0.3 is 0 Å². The van der Waals surface area contributed by atoms with Crippen molar-refractivity contribution in [2.24, 2.45) is 5.92 Å². The van der Waals surface area contributed by atoms with Gasteiger partial charge in [-0.15, -0.1) is 0 Å². The second-order valence-electron chi connectivity index (χ2n) is 5.07. The van der Waals surface area contributed by atoms with Crippen LogP contribution >= 0.6 is 0 Å². The third kappa shape index (κ3) is 2.85. The van der Waals surface area contributed by atoms with Crippen molar-refractivity contribution in [3.63, 3.8) is 0 Å². The van der Waals surface area contributed by atoms with Crippen molar-refractivity contribution in [2.45, 2.75) is 51.6 Å². The maximum absolute atomic E-state index is 4.29. The molecule has 2 rings (SSSR count). The molecule has 3 nitrogen and oxygen atoms in total. The van der Waals surface area contributed by atoms with Gasteiger partial charge in [-0.2, -0.15) is 5.10 Å². The van der Waals surface area contributed by atoms with Crippen LogP contribution in [0.2, 0.25) is 0 Å². The number of hydrogen-bond donors (Lipinski definition) is 1. The Balaban J connectivity index is 1.76. The van der Waals surface area contributed by atoms with E-state index in [9.17, 15) is 0 Å². The zero-order chi connectivity index (χ0) is 11.4. The Kier molecular flexibility index (Phi) is 3.99. The van der Waals surface area contributed by atoms with E-state index in [0.717, 1.165) is 5.92 Å². The second kappa shape index (κ2) is 5.48. The van der Waals surface area contributed by atoms with Crippen molar-refractivity contribution in [1.29, 1.82) is 0 Å². The molecule has 1 aromatic rings. The van der Waals surface area contributed by atoms with Gasteiger partial charge in [0.2, 0.25) is 0 Å².